The van der Waals surface area contributed by atoms with Crippen molar-refractivity contribution in [2.24, 2.45) is 16.8 Å². The topological polar surface area (TPSA) is 165 Å². The molecule has 0 radical (unpaired) electrons. The van der Waals surface area contributed by atoms with Crippen LogP contribution in [0.2, 0.25) is 0 Å². The number of alkyl carbamates (subject to hydrolysis) is 2. The van der Waals surface area contributed by atoms with Gasteiger partial charge in [-0.25, -0.2) is 19.4 Å². The average Bonchev–Trinajstić information content (AvgIpc) is 3.03. The Morgan fingerprint density at radius 1 is 1.06 bits per heavy atom. The smallest absolute Gasteiger partial charge is 0.414 e. The first-order chi connectivity index (χ1) is 15.0. The molecule has 1 saturated carbocycles. The van der Waals surface area contributed by atoms with E-state index in [-0.39, 0.29) is 12.3 Å². The van der Waals surface area contributed by atoms with Gasteiger partial charge in [0.05, 0.1) is 6.10 Å². The summed E-state index contributed by atoms with van der Waals surface area (Å²) < 4.78 is 21.3. The second-order valence-corrected chi connectivity index (χ2v) is 10.7. The molecule has 3 aliphatic rings. The normalized spacial score (nSPS) is 35.2. The number of nitrogens with one attached hydrogen (secondary N) is 2. The lowest BCUT2D eigenvalue weighted by molar-refractivity contribution is -0.177. The number of aliphatic hydroxyl groups is 2. The number of rotatable bonds is 1. The van der Waals surface area contributed by atoms with Crippen LogP contribution in [0.3, 0.4) is 0 Å². The van der Waals surface area contributed by atoms with Crippen molar-refractivity contribution < 1.29 is 43.5 Å². The number of esters is 1. The highest BCUT2D eigenvalue weighted by Gasteiger charge is 2.73. The van der Waals surface area contributed by atoms with Crippen LogP contribution in [0.25, 0.3) is 0 Å². The molecule has 1 unspecified atom stereocenters. The molecule has 12 nitrogen and oxygen atoms in total. The molecule has 186 valence electrons. The molecule has 2 heterocycles. The number of carbonyl (C=O) groups excluding carboxylic acids is 3. The van der Waals surface area contributed by atoms with Gasteiger partial charge in [0.15, 0.2) is 18.5 Å². The van der Waals surface area contributed by atoms with Crippen molar-refractivity contribution in [3.63, 3.8) is 0 Å². The highest BCUT2D eigenvalue weighted by Crippen LogP contribution is 2.54. The van der Waals surface area contributed by atoms with Crippen molar-refractivity contribution in [2.45, 2.75) is 96.2 Å². The van der Waals surface area contributed by atoms with Gasteiger partial charge in [-0.05, 0) is 53.9 Å². The van der Waals surface area contributed by atoms with Crippen LogP contribution in [-0.4, -0.2) is 75.7 Å². The van der Waals surface area contributed by atoms with Gasteiger partial charge in [-0.3, -0.25) is 10.6 Å². The summed E-state index contributed by atoms with van der Waals surface area (Å²) in [6, 6.07) is 0. The quantitative estimate of drug-likeness (QED) is 0.187. The van der Waals surface area contributed by atoms with E-state index in [1.807, 2.05) is 0 Å². The molecule has 2 aliphatic heterocycles. The van der Waals surface area contributed by atoms with Crippen LogP contribution in [0.5, 0.6) is 0 Å². The van der Waals surface area contributed by atoms with E-state index in [4.69, 9.17) is 18.9 Å². The third kappa shape index (κ3) is 5.07. The first kappa shape index (κ1) is 25.2. The molecule has 1 aliphatic carbocycles. The molecule has 12 heteroatoms. The fourth-order valence-corrected chi connectivity index (χ4v) is 4.43. The van der Waals surface area contributed by atoms with Gasteiger partial charge < -0.3 is 29.2 Å². The summed E-state index contributed by atoms with van der Waals surface area (Å²) in [6.07, 6.45) is -6.52. The number of carbonyl (C=O) groups is 3. The highest BCUT2D eigenvalue weighted by atomic mass is 16.7. The van der Waals surface area contributed by atoms with Gasteiger partial charge in [0.2, 0.25) is 5.96 Å². The molecule has 3 fully saturated rings. The summed E-state index contributed by atoms with van der Waals surface area (Å²) in [4.78, 5) is 41.9. The molecule has 0 spiro atoms. The zero-order valence-electron chi connectivity index (χ0n) is 19.9. The third-order valence-corrected chi connectivity index (χ3v) is 5.61. The van der Waals surface area contributed by atoms with Crippen LogP contribution in [-0.2, 0) is 23.7 Å². The summed E-state index contributed by atoms with van der Waals surface area (Å²) in [7, 11) is 0. The maximum atomic E-state index is 12.5. The standard InChI is InChI=1S/C21H33N3O9/c1-9-8-10-14(26)31-13-15(27)30-12(11(9)25)21(10,13)24-16(22-17(28)32-19(2,3)4)23-18(29)33-20(5,6)7/h9-14,25-26H,8H2,1-7H3,(H2,22,23,24,28,29)/t9-,10-,11-,12-,13-,14?,21-/m1/s1. The zero-order chi connectivity index (χ0) is 24.9. The Balaban J connectivity index is 2.02. The number of nitrogens with zero attached hydrogens (tertiary/aromatic N) is 1. The molecule has 7 atom stereocenters. The number of amides is 2. The monoisotopic (exact) mass is 471 g/mol. The summed E-state index contributed by atoms with van der Waals surface area (Å²) in [5.74, 6) is -2.26. The Kier molecular flexibility index (Phi) is 6.42. The lowest BCUT2D eigenvalue weighted by atomic mass is 9.66. The number of guanidine groups is 1. The minimum atomic E-state index is -1.58. The minimum Gasteiger partial charge on any atom is -0.455 e. The lowest BCUT2D eigenvalue weighted by Gasteiger charge is -2.43. The summed E-state index contributed by atoms with van der Waals surface area (Å²) in [6.45, 7) is 11.7. The first-order valence-corrected chi connectivity index (χ1v) is 10.9. The van der Waals surface area contributed by atoms with E-state index in [2.05, 4.69) is 15.6 Å². The molecule has 0 aromatic carbocycles. The minimum absolute atomic E-state index is 0.266. The Morgan fingerprint density at radius 2 is 1.58 bits per heavy atom. The molecular formula is C21H33N3O9. The molecule has 0 bridgehead atoms. The molecule has 33 heavy (non-hydrogen) atoms. The van der Waals surface area contributed by atoms with E-state index in [1.165, 1.54) is 0 Å². The van der Waals surface area contributed by atoms with Gasteiger partial charge >= 0.3 is 18.2 Å². The predicted octanol–water partition coefficient (Wildman–Crippen LogP) is 0.790. The first-order valence-electron chi connectivity index (χ1n) is 10.9. The largest absolute Gasteiger partial charge is 0.455 e. The van der Waals surface area contributed by atoms with E-state index < -0.39 is 71.4 Å². The van der Waals surface area contributed by atoms with E-state index in [0.717, 1.165) is 0 Å². The predicted molar refractivity (Wildman–Crippen MR) is 113 cm³/mol. The van der Waals surface area contributed by atoms with Crippen molar-refractivity contribution in [1.82, 2.24) is 10.6 Å². The van der Waals surface area contributed by atoms with Gasteiger partial charge in [0.25, 0.3) is 0 Å². The lowest BCUT2D eigenvalue weighted by Crippen LogP contribution is -2.61. The van der Waals surface area contributed by atoms with Crippen LogP contribution in [0.15, 0.2) is 4.99 Å². The molecule has 2 amide bonds. The van der Waals surface area contributed by atoms with Gasteiger partial charge in [-0.1, -0.05) is 6.92 Å². The fourth-order valence-electron chi connectivity index (χ4n) is 4.43. The molecule has 3 rings (SSSR count). The zero-order valence-corrected chi connectivity index (χ0v) is 19.9. The van der Waals surface area contributed by atoms with Gasteiger partial charge in [0, 0.05) is 5.92 Å². The van der Waals surface area contributed by atoms with Gasteiger partial charge in [0.1, 0.15) is 16.7 Å². The van der Waals surface area contributed by atoms with E-state index in [0.29, 0.717) is 0 Å². The van der Waals surface area contributed by atoms with Crippen molar-refractivity contribution in [3.8, 4) is 0 Å². The number of hydrogen-bond acceptors (Lipinski definition) is 10. The molecular weight excluding hydrogens is 438 g/mol. The van der Waals surface area contributed by atoms with Gasteiger partial charge in [-0.2, -0.15) is 0 Å². The average molecular weight is 472 g/mol. The number of aliphatic imine (C=N–C) groups is 1. The number of aliphatic hydroxyl groups excluding tert-OH is 2. The van der Waals surface area contributed by atoms with Crippen LogP contribution in [0.4, 0.5) is 9.59 Å². The second kappa shape index (κ2) is 8.41. The van der Waals surface area contributed by atoms with Crippen molar-refractivity contribution in [1.29, 1.82) is 0 Å². The van der Waals surface area contributed by atoms with E-state index >= 15 is 0 Å². The maximum absolute atomic E-state index is 12.5. The summed E-state index contributed by atoms with van der Waals surface area (Å²) in [5, 5.41) is 26.0. The van der Waals surface area contributed by atoms with E-state index in [1.54, 1.807) is 48.5 Å². The highest BCUT2D eigenvalue weighted by molar-refractivity contribution is 6.02. The van der Waals surface area contributed by atoms with Crippen LogP contribution in [0, 0.1) is 11.8 Å². The van der Waals surface area contributed by atoms with Crippen LogP contribution >= 0.6 is 0 Å². The van der Waals surface area contributed by atoms with Crippen molar-refractivity contribution >= 4 is 24.1 Å². The molecule has 2 saturated heterocycles. The van der Waals surface area contributed by atoms with E-state index in [9.17, 15) is 24.6 Å². The molecule has 0 aromatic rings. The third-order valence-electron chi connectivity index (χ3n) is 5.61. The second-order valence-electron chi connectivity index (χ2n) is 10.7. The number of ether oxygens (including phenoxy) is 4. The Morgan fingerprint density at radius 3 is 2.06 bits per heavy atom. The summed E-state index contributed by atoms with van der Waals surface area (Å²) in [5.41, 5.74) is -3.27. The van der Waals surface area contributed by atoms with Crippen molar-refractivity contribution in [3.05, 3.63) is 0 Å². The van der Waals surface area contributed by atoms with Crippen LogP contribution in [0.1, 0.15) is 54.9 Å². The molecule has 4 N–H and O–H groups in total. The Hall–Kier alpha value is -2.44. The maximum Gasteiger partial charge on any atom is 0.414 e. The van der Waals surface area contributed by atoms with Crippen LogP contribution < -0.4 is 10.6 Å². The SMILES string of the molecule is C[C@@H]1C[C@@H]2C(O)O[C@@H]3C(=O)O[C@H]([C@@H]1O)[C@@]32N=C(NC(=O)OC(C)(C)C)NC(=O)OC(C)(C)C. The Labute approximate surface area is 192 Å². The fraction of sp³-hybridized carbons (Fsp3) is 0.810. The van der Waals surface area contributed by atoms with Gasteiger partial charge in [-0.15, -0.1) is 0 Å². The Bertz CT molecular complexity index is 815. The number of hydrogen-bond donors (Lipinski definition) is 4. The summed E-state index contributed by atoms with van der Waals surface area (Å²) >= 11 is 0. The van der Waals surface area contributed by atoms with Crippen molar-refractivity contribution in [2.75, 3.05) is 0 Å². The molecule has 0 aromatic heterocycles.